The maximum absolute atomic E-state index is 12.5. The standard InChI is InChI=1S/C15H24BrNO2S/c1-11-6-7-13(10-12(11)2)20(18,19)17-14(8-9-16)15(3,4)5/h6-7,10,14,17H,8-9H2,1-5H3. The predicted octanol–water partition coefficient (Wildman–Crippen LogP) is 3.78. The Kier molecular flexibility index (Phi) is 5.81. The van der Waals surface area contributed by atoms with Gasteiger partial charge in [0.1, 0.15) is 0 Å². The monoisotopic (exact) mass is 361 g/mol. The van der Waals surface area contributed by atoms with Gasteiger partial charge in [-0.3, -0.25) is 0 Å². The molecule has 1 rings (SSSR count). The van der Waals surface area contributed by atoms with E-state index >= 15 is 0 Å². The van der Waals surface area contributed by atoms with Crippen LogP contribution in [0.5, 0.6) is 0 Å². The van der Waals surface area contributed by atoms with Crippen LogP contribution in [-0.4, -0.2) is 19.8 Å². The third kappa shape index (κ3) is 4.57. The lowest BCUT2D eigenvalue weighted by atomic mass is 9.86. The molecule has 0 heterocycles. The Morgan fingerprint density at radius 2 is 1.80 bits per heavy atom. The zero-order valence-corrected chi connectivity index (χ0v) is 15.2. The second-order valence-corrected chi connectivity index (χ2v) is 8.77. The highest BCUT2D eigenvalue weighted by Crippen LogP contribution is 2.25. The van der Waals surface area contributed by atoms with E-state index in [0.717, 1.165) is 22.9 Å². The minimum atomic E-state index is -3.47. The number of sulfonamides is 1. The maximum Gasteiger partial charge on any atom is 0.240 e. The third-order valence-corrected chi connectivity index (χ3v) is 5.46. The molecule has 20 heavy (non-hydrogen) atoms. The van der Waals surface area contributed by atoms with Crippen molar-refractivity contribution >= 4 is 26.0 Å². The number of benzene rings is 1. The minimum Gasteiger partial charge on any atom is -0.208 e. The van der Waals surface area contributed by atoms with Gasteiger partial charge in [0.05, 0.1) is 4.90 Å². The quantitative estimate of drug-likeness (QED) is 0.811. The lowest BCUT2D eigenvalue weighted by Gasteiger charge is -2.31. The van der Waals surface area contributed by atoms with E-state index in [0.29, 0.717) is 4.90 Å². The molecule has 0 saturated heterocycles. The molecule has 5 heteroatoms. The van der Waals surface area contributed by atoms with Crippen molar-refractivity contribution in [2.75, 3.05) is 5.33 Å². The van der Waals surface area contributed by atoms with Gasteiger partial charge < -0.3 is 0 Å². The van der Waals surface area contributed by atoms with Crippen molar-refractivity contribution < 1.29 is 8.42 Å². The molecule has 1 N–H and O–H groups in total. The van der Waals surface area contributed by atoms with Crippen molar-refractivity contribution in [3.63, 3.8) is 0 Å². The van der Waals surface area contributed by atoms with E-state index in [4.69, 9.17) is 0 Å². The number of aryl methyl sites for hydroxylation is 2. The molecule has 0 fully saturated rings. The Morgan fingerprint density at radius 1 is 1.20 bits per heavy atom. The van der Waals surface area contributed by atoms with Gasteiger partial charge in [-0.2, -0.15) is 0 Å². The molecule has 0 aromatic heterocycles. The normalized spacial score (nSPS) is 14.3. The summed E-state index contributed by atoms with van der Waals surface area (Å²) in [5.74, 6) is 0. The summed E-state index contributed by atoms with van der Waals surface area (Å²) in [5, 5.41) is 0.768. The van der Waals surface area contributed by atoms with Crippen LogP contribution in [0.25, 0.3) is 0 Å². The van der Waals surface area contributed by atoms with Gasteiger partial charge in [0.2, 0.25) is 10.0 Å². The van der Waals surface area contributed by atoms with Gasteiger partial charge >= 0.3 is 0 Å². The molecule has 0 radical (unpaired) electrons. The molecule has 1 aromatic rings. The van der Waals surface area contributed by atoms with E-state index in [1.54, 1.807) is 12.1 Å². The lowest BCUT2D eigenvalue weighted by Crippen LogP contribution is -2.43. The highest BCUT2D eigenvalue weighted by atomic mass is 79.9. The molecule has 3 nitrogen and oxygen atoms in total. The zero-order valence-electron chi connectivity index (χ0n) is 12.8. The summed E-state index contributed by atoms with van der Waals surface area (Å²) in [6, 6.07) is 5.14. The Labute approximate surface area is 131 Å². The number of nitrogens with one attached hydrogen (secondary N) is 1. The largest absolute Gasteiger partial charge is 0.240 e. The topological polar surface area (TPSA) is 46.2 Å². The molecule has 0 saturated carbocycles. The molecule has 0 aliphatic carbocycles. The molecule has 1 aromatic carbocycles. The highest BCUT2D eigenvalue weighted by Gasteiger charge is 2.29. The molecule has 1 atom stereocenters. The van der Waals surface area contributed by atoms with Gasteiger partial charge in [-0.25, -0.2) is 13.1 Å². The molecule has 0 amide bonds. The molecule has 0 aliphatic heterocycles. The van der Waals surface area contributed by atoms with Crippen LogP contribution < -0.4 is 4.72 Å². The van der Waals surface area contributed by atoms with Crippen LogP contribution in [0, 0.1) is 19.3 Å². The maximum atomic E-state index is 12.5. The Morgan fingerprint density at radius 3 is 2.25 bits per heavy atom. The van der Waals surface area contributed by atoms with Gasteiger partial charge in [0.15, 0.2) is 0 Å². The number of alkyl halides is 1. The lowest BCUT2D eigenvalue weighted by molar-refractivity contribution is 0.293. The van der Waals surface area contributed by atoms with Gasteiger partial charge in [0.25, 0.3) is 0 Å². The van der Waals surface area contributed by atoms with Crippen LogP contribution in [-0.2, 0) is 10.0 Å². The van der Waals surface area contributed by atoms with E-state index in [-0.39, 0.29) is 11.5 Å². The van der Waals surface area contributed by atoms with E-state index < -0.39 is 10.0 Å². The van der Waals surface area contributed by atoms with E-state index in [9.17, 15) is 8.42 Å². The van der Waals surface area contributed by atoms with Crippen LogP contribution in [0.4, 0.5) is 0 Å². The Hall–Kier alpha value is -0.390. The zero-order chi connectivity index (χ0) is 15.6. The van der Waals surface area contributed by atoms with E-state index in [1.165, 1.54) is 0 Å². The van der Waals surface area contributed by atoms with Crippen LogP contribution in [0.15, 0.2) is 23.1 Å². The Balaban J connectivity index is 3.06. The van der Waals surface area contributed by atoms with Crippen LogP contribution in [0.2, 0.25) is 0 Å². The fraction of sp³-hybridized carbons (Fsp3) is 0.600. The van der Waals surface area contributed by atoms with E-state index in [2.05, 4.69) is 20.7 Å². The van der Waals surface area contributed by atoms with Gasteiger partial charge in [-0.05, 0) is 48.9 Å². The van der Waals surface area contributed by atoms with Crippen LogP contribution in [0.3, 0.4) is 0 Å². The first-order valence-electron chi connectivity index (χ1n) is 6.73. The molecule has 0 spiro atoms. The van der Waals surface area contributed by atoms with E-state index in [1.807, 2.05) is 40.7 Å². The summed E-state index contributed by atoms with van der Waals surface area (Å²) >= 11 is 3.39. The average Bonchev–Trinajstić information content (AvgIpc) is 2.30. The SMILES string of the molecule is Cc1ccc(S(=O)(=O)NC(CCBr)C(C)(C)C)cc1C. The average molecular weight is 362 g/mol. The minimum absolute atomic E-state index is 0.103. The summed E-state index contributed by atoms with van der Waals surface area (Å²) < 4.78 is 27.8. The Bertz CT molecular complexity index is 562. The van der Waals surface area contributed by atoms with Crippen LogP contribution >= 0.6 is 15.9 Å². The number of halogens is 1. The van der Waals surface area contributed by atoms with Crippen molar-refractivity contribution in [3.05, 3.63) is 29.3 Å². The second-order valence-electron chi connectivity index (χ2n) is 6.26. The first-order chi connectivity index (χ1) is 9.08. The number of rotatable bonds is 5. The van der Waals surface area contributed by atoms with Crippen molar-refractivity contribution in [1.29, 1.82) is 0 Å². The van der Waals surface area contributed by atoms with Crippen molar-refractivity contribution in [3.8, 4) is 0 Å². The predicted molar refractivity (Wildman–Crippen MR) is 87.9 cm³/mol. The summed E-state index contributed by atoms with van der Waals surface area (Å²) in [5.41, 5.74) is 1.96. The second kappa shape index (κ2) is 6.58. The fourth-order valence-corrected chi connectivity index (χ4v) is 3.93. The summed E-state index contributed by atoms with van der Waals surface area (Å²) in [6.07, 6.45) is 0.758. The number of hydrogen-bond donors (Lipinski definition) is 1. The van der Waals surface area contributed by atoms with Crippen LogP contribution in [0.1, 0.15) is 38.3 Å². The molecule has 0 bridgehead atoms. The smallest absolute Gasteiger partial charge is 0.208 e. The summed E-state index contributed by atoms with van der Waals surface area (Å²) in [7, 11) is -3.47. The van der Waals surface area contributed by atoms with Gasteiger partial charge in [-0.15, -0.1) is 0 Å². The molecule has 114 valence electrons. The fourth-order valence-electron chi connectivity index (χ4n) is 1.91. The molecular formula is C15H24BrNO2S. The molecular weight excluding hydrogens is 338 g/mol. The highest BCUT2D eigenvalue weighted by molar-refractivity contribution is 9.09. The summed E-state index contributed by atoms with van der Waals surface area (Å²) in [6.45, 7) is 10.0. The third-order valence-electron chi connectivity index (χ3n) is 3.53. The molecule has 1 unspecified atom stereocenters. The van der Waals surface area contributed by atoms with Crippen molar-refractivity contribution in [1.82, 2.24) is 4.72 Å². The molecule has 0 aliphatic rings. The summed E-state index contributed by atoms with van der Waals surface area (Å²) in [4.78, 5) is 0.337. The van der Waals surface area contributed by atoms with Gasteiger partial charge in [0, 0.05) is 11.4 Å². The first-order valence-corrected chi connectivity index (χ1v) is 9.34. The first kappa shape index (κ1) is 17.7. The van der Waals surface area contributed by atoms with Crippen molar-refractivity contribution in [2.24, 2.45) is 5.41 Å². The van der Waals surface area contributed by atoms with Gasteiger partial charge in [-0.1, -0.05) is 42.8 Å². The number of hydrogen-bond acceptors (Lipinski definition) is 2. The van der Waals surface area contributed by atoms with Crippen molar-refractivity contribution in [2.45, 2.75) is 52.0 Å².